The van der Waals surface area contributed by atoms with Crippen LogP contribution < -0.4 is 5.73 Å². The molecule has 0 radical (unpaired) electrons. The topological polar surface area (TPSA) is 72.6 Å². The number of ether oxygens (including phenoxy) is 1. The number of piperidine rings is 1. The van der Waals surface area contributed by atoms with Gasteiger partial charge in [-0.05, 0) is 26.2 Å². The van der Waals surface area contributed by atoms with Crippen molar-refractivity contribution in [1.29, 1.82) is 0 Å². The predicted molar refractivity (Wildman–Crippen MR) is 68.2 cm³/mol. The van der Waals surface area contributed by atoms with Gasteiger partial charge in [-0.2, -0.15) is 0 Å². The highest BCUT2D eigenvalue weighted by molar-refractivity contribution is 7.89. The van der Waals surface area contributed by atoms with Gasteiger partial charge >= 0.3 is 0 Å². The molecule has 0 aliphatic carbocycles. The van der Waals surface area contributed by atoms with Crippen LogP contribution in [0.3, 0.4) is 0 Å². The summed E-state index contributed by atoms with van der Waals surface area (Å²) < 4.78 is 30.8. The summed E-state index contributed by atoms with van der Waals surface area (Å²) in [6, 6.07) is -0.0513. The van der Waals surface area contributed by atoms with Gasteiger partial charge in [0.25, 0.3) is 0 Å². The van der Waals surface area contributed by atoms with Crippen molar-refractivity contribution < 1.29 is 13.2 Å². The lowest BCUT2D eigenvalue weighted by Crippen LogP contribution is -2.50. The molecule has 0 aromatic carbocycles. The van der Waals surface area contributed by atoms with Crippen molar-refractivity contribution >= 4 is 10.0 Å². The van der Waals surface area contributed by atoms with Crippen LogP contribution in [-0.2, 0) is 14.8 Å². The van der Waals surface area contributed by atoms with Gasteiger partial charge in [-0.1, -0.05) is 6.92 Å². The standard InChI is InChI=1S/C11H24N2O3S/c1-9(2)16-6-7-17(14,15)13-5-4-10(3)11(12)8-13/h9-11H,4-8,12H2,1-3H3. The van der Waals surface area contributed by atoms with E-state index in [1.807, 2.05) is 13.8 Å². The van der Waals surface area contributed by atoms with Crippen LogP contribution in [0, 0.1) is 5.92 Å². The first-order chi connectivity index (χ1) is 7.83. The van der Waals surface area contributed by atoms with Crippen LogP contribution in [0.15, 0.2) is 0 Å². The molecular formula is C11H24N2O3S. The van der Waals surface area contributed by atoms with Crippen molar-refractivity contribution in [2.45, 2.75) is 39.3 Å². The van der Waals surface area contributed by atoms with Crippen molar-refractivity contribution in [3.8, 4) is 0 Å². The lowest BCUT2D eigenvalue weighted by molar-refractivity contribution is 0.0904. The Bertz CT molecular complexity index is 330. The fourth-order valence-corrected chi connectivity index (χ4v) is 3.19. The van der Waals surface area contributed by atoms with Crippen LogP contribution >= 0.6 is 0 Å². The van der Waals surface area contributed by atoms with Crippen LogP contribution in [0.4, 0.5) is 0 Å². The summed E-state index contributed by atoms with van der Waals surface area (Å²) in [4.78, 5) is 0. The predicted octanol–water partition coefficient (Wildman–Crippen LogP) is 0.410. The highest BCUT2D eigenvalue weighted by Crippen LogP contribution is 2.18. The summed E-state index contributed by atoms with van der Waals surface area (Å²) in [6.07, 6.45) is 0.902. The molecule has 0 spiro atoms. The molecule has 1 saturated heterocycles. The molecule has 1 rings (SSSR count). The molecule has 0 aromatic heterocycles. The third kappa shape index (κ3) is 4.54. The molecule has 0 bridgehead atoms. The number of sulfonamides is 1. The summed E-state index contributed by atoms with van der Waals surface area (Å²) in [6.45, 7) is 7.12. The summed E-state index contributed by atoms with van der Waals surface area (Å²) in [7, 11) is -3.21. The average Bonchev–Trinajstić information content (AvgIpc) is 2.21. The van der Waals surface area contributed by atoms with Gasteiger partial charge in [0.2, 0.25) is 10.0 Å². The molecule has 1 heterocycles. The number of hydrogen-bond donors (Lipinski definition) is 1. The fraction of sp³-hybridized carbons (Fsp3) is 1.00. The lowest BCUT2D eigenvalue weighted by atomic mass is 9.96. The number of hydrogen-bond acceptors (Lipinski definition) is 4. The van der Waals surface area contributed by atoms with Gasteiger partial charge in [0.05, 0.1) is 18.5 Å². The molecule has 6 heteroatoms. The normalized spacial score (nSPS) is 27.6. The molecule has 102 valence electrons. The summed E-state index contributed by atoms with van der Waals surface area (Å²) in [5, 5.41) is 0. The maximum absolute atomic E-state index is 12.0. The van der Waals surface area contributed by atoms with E-state index >= 15 is 0 Å². The zero-order chi connectivity index (χ0) is 13.1. The van der Waals surface area contributed by atoms with Crippen molar-refractivity contribution in [3.63, 3.8) is 0 Å². The number of nitrogens with zero attached hydrogens (tertiary/aromatic N) is 1. The van der Waals surface area contributed by atoms with Crippen molar-refractivity contribution in [1.82, 2.24) is 4.31 Å². The maximum atomic E-state index is 12.0. The number of rotatable bonds is 5. The van der Waals surface area contributed by atoms with E-state index in [1.54, 1.807) is 0 Å². The van der Waals surface area contributed by atoms with E-state index in [0.29, 0.717) is 19.0 Å². The first-order valence-electron chi connectivity index (χ1n) is 6.18. The van der Waals surface area contributed by atoms with E-state index in [1.165, 1.54) is 4.31 Å². The van der Waals surface area contributed by atoms with Crippen LogP contribution in [0.1, 0.15) is 27.2 Å². The molecule has 5 nitrogen and oxygen atoms in total. The quantitative estimate of drug-likeness (QED) is 0.780. The average molecular weight is 264 g/mol. The third-order valence-corrected chi connectivity index (χ3v) is 4.97. The molecule has 17 heavy (non-hydrogen) atoms. The second-order valence-electron chi connectivity index (χ2n) is 5.02. The molecule has 1 aliphatic rings. The molecule has 2 unspecified atom stereocenters. The second kappa shape index (κ2) is 6.13. The largest absolute Gasteiger partial charge is 0.378 e. The van der Waals surface area contributed by atoms with Crippen LogP contribution in [-0.4, -0.2) is 50.3 Å². The highest BCUT2D eigenvalue weighted by Gasteiger charge is 2.30. The van der Waals surface area contributed by atoms with Gasteiger partial charge in [0.15, 0.2) is 0 Å². The monoisotopic (exact) mass is 264 g/mol. The Balaban J connectivity index is 2.47. The summed E-state index contributed by atoms with van der Waals surface area (Å²) in [5.41, 5.74) is 5.90. The molecule has 1 fully saturated rings. The fourth-order valence-electron chi connectivity index (χ4n) is 1.84. The molecule has 1 aliphatic heterocycles. The zero-order valence-electron chi connectivity index (χ0n) is 10.9. The van der Waals surface area contributed by atoms with E-state index in [2.05, 4.69) is 6.92 Å². The van der Waals surface area contributed by atoms with Crippen LogP contribution in [0.25, 0.3) is 0 Å². The Labute approximate surface area is 104 Å². The Kier molecular flexibility index (Phi) is 5.37. The first-order valence-corrected chi connectivity index (χ1v) is 7.79. The Morgan fingerprint density at radius 2 is 2.12 bits per heavy atom. The zero-order valence-corrected chi connectivity index (χ0v) is 11.7. The third-order valence-electron chi connectivity index (χ3n) is 3.17. The molecule has 2 N–H and O–H groups in total. The molecule has 0 aromatic rings. The summed E-state index contributed by atoms with van der Waals surface area (Å²) in [5.74, 6) is 0.445. The van der Waals surface area contributed by atoms with Gasteiger partial charge in [-0.25, -0.2) is 12.7 Å². The highest BCUT2D eigenvalue weighted by atomic mass is 32.2. The Morgan fingerprint density at radius 3 is 2.65 bits per heavy atom. The second-order valence-corrected chi connectivity index (χ2v) is 7.11. The first kappa shape index (κ1) is 14.9. The number of nitrogens with two attached hydrogens (primary N) is 1. The SMILES string of the molecule is CC(C)OCCS(=O)(=O)N1CCC(C)C(N)C1. The van der Waals surface area contributed by atoms with E-state index in [-0.39, 0.29) is 24.5 Å². The smallest absolute Gasteiger partial charge is 0.216 e. The molecule has 0 amide bonds. The Morgan fingerprint density at radius 1 is 1.47 bits per heavy atom. The van der Waals surface area contributed by atoms with E-state index in [0.717, 1.165) is 6.42 Å². The lowest BCUT2D eigenvalue weighted by Gasteiger charge is -2.34. The minimum atomic E-state index is -3.21. The van der Waals surface area contributed by atoms with E-state index in [4.69, 9.17) is 10.5 Å². The van der Waals surface area contributed by atoms with Gasteiger partial charge < -0.3 is 10.5 Å². The van der Waals surface area contributed by atoms with Crippen molar-refractivity contribution in [2.75, 3.05) is 25.4 Å². The maximum Gasteiger partial charge on any atom is 0.216 e. The van der Waals surface area contributed by atoms with Gasteiger partial charge in [0.1, 0.15) is 0 Å². The minimum Gasteiger partial charge on any atom is -0.378 e. The van der Waals surface area contributed by atoms with Gasteiger partial charge in [-0.15, -0.1) is 0 Å². The van der Waals surface area contributed by atoms with Gasteiger partial charge in [0, 0.05) is 19.1 Å². The molecule has 0 saturated carbocycles. The molecule has 2 atom stereocenters. The van der Waals surface area contributed by atoms with Crippen LogP contribution in [0.2, 0.25) is 0 Å². The van der Waals surface area contributed by atoms with E-state index in [9.17, 15) is 8.42 Å². The summed E-state index contributed by atoms with van der Waals surface area (Å²) >= 11 is 0. The molecular weight excluding hydrogens is 240 g/mol. The Hall–Kier alpha value is -0.170. The van der Waals surface area contributed by atoms with E-state index < -0.39 is 10.0 Å². The van der Waals surface area contributed by atoms with Crippen molar-refractivity contribution in [3.05, 3.63) is 0 Å². The van der Waals surface area contributed by atoms with Crippen molar-refractivity contribution in [2.24, 2.45) is 11.7 Å². The minimum absolute atomic E-state index is 0.0479. The van der Waals surface area contributed by atoms with Crippen LogP contribution in [0.5, 0.6) is 0 Å². The van der Waals surface area contributed by atoms with Gasteiger partial charge in [-0.3, -0.25) is 0 Å².